The highest BCUT2D eigenvalue weighted by Gasteiger charge is 2.26. The summed E-state index contributed by atoms with van der Waals surface area (Å²) in [6, 6.07) is 6.00. The monoisotopic (exact) mass is 301 g/mol. The molecule has 2 aromatic rings. The number of carbonyl (C=O) groups excluding carboxylic acids is 1. The van der Waals surface area contributed by atoms with Crippen molar-refractivity contribution < 1.29 is 13.9 Å². The zero-order chi connectivity index (χ0) is 15.4. The number of halogens is 1. The maximum Gasteiger partial charge on any atom is 0.227 e. The lowest BCUT2D eigenvalue weighted by Gasteiger charge is -2.32. The van der Waals surface area contributed by atoms with Crippen molar-refractivity contribution in [1.82, 2.24) is 14.9 Å². The molecule has 6 heteroatoms. The first-order valence-electron chi connectivity index (χ1n) is 7.12. The number of ether oxygens (including phenoxy) is 1. The molecule has 0 saturated carbocycles. The standard InChI is InChI=1S/C16H16FN3O2/c17-13-3-1-12(2-4-13)9-16(21)20-7-8-22-15(11-20)14-10-18-5-6-19-14/h1-6,10,15H,7-9,11H2/t15-/m0/s1. The van der Waals surface area contributed by atoms with Gasteiger partial charge in [-0.05, 0) is 17.7 Å². The number of rotatable bonds is 3. The van der Waals surface area contributed by atoms with Gasteiger partial charge in [0, 0.05) is 18.9 Å². The summed E-state index contributed by atoms with van der Waals surface area (Å²) in [5.74, 6) is -0.297. The van der Waals surface area contributed by atoms with Crippen LogP contribution in [0.2, 0.25) is 0 Å². The van der Waals surface area contributed by atoms with Gasteiger partial charge in [0.25, 0.3) is 0 Å². The van der Waals surface area contributed by atoms with E-state index in [4.69, 9.17) is 4.74 Å². The Kier molecular flexibility index (Phi) is 4.39. The largest absolute Gasteiger partial charge is 0.368 e. The van der Waals surface area contributed by atoms with Crippen molar-refractivity contribution in [2.45, 2.75) is 12.5 Å². The van der Waals surface area contributed by atoms with Crippen LogP contribution < -0.4 is 0 Å². The highest BCUT2D eigenvalue weighted by atomic mass is 19.1. The number of hydrogen-bond acceptors (Lipinski definition) is 4. The fraction of sp³-hybridized carbons (Fsp3) is 0.312. The van der Waals surface area contributed by atoms with E-state index in [9.17, 15) is 9.18 Å². The second kappa shape index (κ2) is 6.62. The number of carbonyl (C=O) groups is 1. The average Bonchev–Trinajstić information content (AvgIpc) is 2.58. The molecule has 1 fully saturated rings. The van der Waals surface area contributed by atoms with Gasteiger partial charge in [0.15, 0.2) is 0 Å². The zero-order valence-corrected chi connectivity index (χ0v) is 12.0. The van der Waals surface area contributed by atoms with Crippen molar-refractivity contribution in [3.8, 4) is 0 Å². The molecule has 1 aliphatic heterocycles. The lowest BCUT2D eigenvalue weighted by Crippen LogP contribution is -2.43. The zero-order valence-electron chi connectivity index (χ0n) is 12.0. The van der Waals surface area contributed by atoms with Crippen LogP contribution >= 0.6 is 0 Å². The van der Waals surface area contributed by atoms with E-state index in [2.05, 4.69) is 9.97 Å². The van der Waals surface area contributed by atoms with Crippen molar-refractivity contribution in [3.63, 3.8) is 0 Å². The van der Waals surface area contributed by atoms with Gasteiger partial charge in [0.05, 0.1) is 31.5 Å². The molecule has 1 aromatic carbocycles. The van der Waals surface area contributed by atoms with Gasteiger partial charge in [-0.25, -0.2) is 4.39 Å². The third-order valence-corrected chi connectivity index (χ3v) is 3.60. The number of morpholine rings is 1. The van der Waals surface area contributed by atoms with Crippen molar-refractivity contribution in [1.29, 1.82) is 0 Å². The maximum atomic E-state index is 12.9. The van der Waals surface area contributed by atoms with Crippen molar-refractivity contribution in [3.05, 3.63) is 59.9 Å². The maximum absolute atomic E-state index is 12.9. The van der Waals surface area contributed by atoms with E-state index in [-0.39, 0.29) is 24.2 Å². The average molecular weight is 301 g/mol. The Balaban J connectivity index is 1.64. The minimum Gasteiger partial charge on any atom is -0.368 e. The predicted molar refractivity (Wildman–Crippen MR) is 77.4 cm³/mol. The summed E-state index contributed by atoms with van der Waals surface area (Å²) in [4.78, 5) is 22.4. The molecule has 1 aliphatic rings. The van der Waals surface area contributed by atoms with Gasteiger partial charge in [0.2, 0.25) is 5.91 Å². The molecule has 0 spiro atoms. The Bertz CT molecular complexity index is 634. The Morgan fingerprint density at radius 2 is 2.14 bits per heavy atom. The van der Waals surface area contributed by atoms with Crippen LogP contribution in [0.25, 0.3) is 0 Å². The first-order valence-corrected chi connectivity index (χ1v) is 7.12. The quantitative estimate of drug-likeness (QED) is 0.867. The third-order valence-electron chi connectivity index (χ3n) is 3.60. The summed E-state index contributed by atoms with van der Waals surface area (Å²) in [6.45, 7) is 1.48. The van der Waals surface area contributed by atoms with E-state index < -0.39 is 0 Å². The van der Waals surface area contributed by atoms with Crippen LogP contribution in [-0.4, -0.2) is 40.5 Å². The number of nitrogens with zero attached hydrogens (tertiary/aromatic N) is 3. The number of hydrogen-bond donors (Lipinski definition) is 0. The molecular formula is C16H16FN3O2. The number of benzene rings is 1. The Hall–Kier alpha value is -2.34. The SMILES string of the molecule is O=C(Cc1ccc(F)cc1)N1CCO[C@H](c2cnccn2)C1. The second-order valence-electron chi connectivity index (χ2n) is 5.13. The van der Waals surface area contributed by atoms with Crippen LogP contribution in [0.15, 0.2) is 42.9 Å². The minimum absolute atomic E-state index is 0.00352. The first kappa shape index (κ1) is 14.6. The van der Waals surface area contributed by atoms with Crippen LogP contribution in [0.5, 0.6) is 0 Å². The number of aromatic nitrogens is 2. The molecule has 0 bridgehead atoms. The smallest absolute Gasteiger partial charge is 0.227 e. The van der Waals surface area contributed by atoms with Crippen LogP contribution in [0, 0.1) is 5.82 Å². The molecule has 1 amide bonds. The minimum atomic E-state index is -0.301. The van der Waals surface area contributed by atoms with Gasteiger partial charge in [-0.3, -0.25) is 14.8 Å². The van der Waals surface area contributed by atoms with E-state index in [0.717, 1.165) is 11.3 Å². The van der Waals surface area contributed by atoms with E-state index in [1.54, 1.807) is 35.6 Å². The molecule has 1 aromatic heterocycles. The second-order valence-corrected chi connectivity index (χ2v) is 5.13. The topological polar surface area (TPSA) is 55.3 Å². The highest BCUT2D eigenvalue weighted by molar-refractivity contribution is 5.78. The highest BCUT2D eigenvalue weighted by Crippen LogP contribution is 2.20. The van der Waals surface area contributed by atoms with E-state index in [1.165, 1.54) is 12.1 Å². The molecule has 1 saturated heterocycles. The third kappa shape index (κ3) is 3.46. The summed E-state index contributed by atoms with van der Waals surface area (Å²) < 4.78 is 18.6. The molecule has 0 unspecified atom stereocenters. The van der Waals surface area contributed by atoms with E-state index in [0.29, 0.717) is 19.7 Å². The molecule has 22 heavy (non-hydrogen) atoms. The first-order chi connectivity index (χ1) is 10.7. The molecule has 0 aliphatic carbocycles. The van der Waals surface area contributed by atoms with Crippen LogP contribution in [0.4, 0.5) is 4.39 Å². The van der Waals surface area contributed by atoms with Crippen LogP contribution in [-0.2, 0) is 16.0 Å². The van der Waals surface area contributed by atoms with Crippen LogP contribution in [0.1, 0.15) is 17.4 Å². The molecular weight excluding hydrogens is 285 g/mol. The molecule has 0 radical (unpaired) electrons. The van der Waals surface area contributed by atoms with Crippen molar-refractivity contribution in [2.75, 3.05) is 19.7 Å². The Morgan fingerprint density at radius 1 is 1.32 bits per heavy atom. The van der Waals surface area contributed by atoms with Gasteiger partial charge in [-0.15, -0.1) is 0 Å². The van der Waals surface area contributed by atoms with E-state index >= 15 is 0 Å². The molecule has 114 valence electrons. The Morgan fingerprint density at radius 3 is 2.86 bits per heavy atom. The van der Waals surface area contributed by atoms with Crippen LogP contribution in [0.3, 0.4) is 0 Å². The van der Waals surface area contributed by atoms with Gasteiger partial charge in [0.1, 0.15) is 11.9 Å². The van der Waals surface area contributed by atoms with Gasteiger partial charge < -0.3 is 9.64 Å². The summed E-state index contributed by atoms with van der Waals surface area (Å²) in [5.41, 5.74) is 1.52. The lowest BCUT2D eigenvalue weighted by molar-refractivity contribution is -0.138. The van der Waals surface area contributed by atoms with Gasteiger partial charge >= 0.3 is 0 Å². The fourth-order valence-electron chi connectivity index (χ4n) is 2.42. The summed E-state index contributed by atoms with van der Waals surface area (Å²) in [6.07, 6.45) is 4.87. The lowest BCUT2D eigenvalue weighted by atomic mass is 10.1. The summed E-state index contributed by atoms with van der Waals surface area (Å²) in [5, 5.41) is 0. The van der Waals surface area contributed by atoms with Gasteiger partial charge in [-0.1, -0.05) is 12.1 Å². The fourth-order valence-corrected chi connectivity index (χ4v) is 2.42. The predicted octanol–water partition coefficient (Wildman–Crippen LogP) is 1.76. The van der Waals surface area contributed by atoms with Crippen molar-refractivity contribution >= 4 is 5.91 Å². The molecule has 1 atom stereocenters. The molecule has 2 heterocycles. The van der Waals surface area contributed by atoms with Gasteiger partial charge in [-0.2, -0.15) is 0 Å². The summed E-state index contributed by atoms with van der Waals surface area (Å²) in [7, 11) is 0. The molecule has 0 N–H and O–H groups in total. The normalized spacial score (nSPS) is 18.2. The van der Waals surface area contributed by atoms with Crippen molar-refractivity contribution in [2.24, 2.45) is 0 Å². The molecule has 5 nitrogen and oxygen atoms in total. The van der Waals surface area contributed by atoms with E-state index in [1.807, 2.05) is 0 Å². The Labute approximate surface area is 127 Å². The molecule has 3 rings (SSSR count). The summed E-state index contributed by atoms with van der Waals surface area (Å²) >= 11 is 0. The number of amides is 1.